The zero-order valence-electron chi connectivity index (χ0n) is 6.42. The van der Waals surface area contributed by atoms with Gasteiger partial charge in [-0.25, -0.2) is 0 Å². The molecule has 56 valence electrons. The van der Waals surface area contributed by atoms with Gasteiger partial charge < -0.3 is 4.90 Å². The number of nitrogens with zero attached hydrogens (tertiary/aromatic N) is 1. The monoisotopic (exact) mass is 141 g/mol. The lowest BCUT2D eigenvalue weighted by atomic mass is 10.1. The van der Waals surface area contributed by atoms with Crippen LogP contribution in [0.25, 0.3) is 0 Å². The number of hydrogen-bond acceptors (Lipinski definition) is 2. The van der Waals surface area contributed by atoms with Gasteiger partial charge in [-0.05, 0) is 13.8 Å². The lowest BCUT2D eigenvalue weighted by Gasteiger charge is -2.11. The highest BCUT2D eigenvalue weighted by Crippen LogP contribution is 2.17. The van der Waals surface area contributed by atoms with Crippen LogP contribution < -0.4 is 0 Å². The molecule has 3 heteroatoms. The number of rotatable bonds is 0. The second kappa shape index (κ2) is 2.08. The third-order valence-corrected chi connectivity index (χ3v) is 2.14. The molecule has 0 saturated carbocycles. The normalized spacial score (nSPS) is 33.7. The SMILES string of the molecule is CC1C(=O)C(C)N(C)C1=O. The quantitative estimate of drug-likeness (QED) is 0.447. The lowest BCUT2D eigenvalue weighted by Crippen LogP contribution is -2.28. The first-order chi connectivity index (χ1) is 4.55. The molecule has 1 heterocycles. The maximum Gasteiger partial charge on any atom is 0.233 e. The predicted octanol–water partition coefficient (Wildman–Crippen LogP) is 0.0521. The third-order valence-electron chi connectivity index (χ3n) is 2.14. The van der Waals surface area contributed by atoms with E-state index in [-0.39, 0.29) is 17.7 Å². The molecule has 1 amide bonds. The number of likely N-dealkylation sites (tertiary alicyclic amines) is 1. The van der Waals surface area contributed by atoms with E-state index in [0.29, 0.717) is 0 Å². The second-order valence-corrected chi connectivity index (χ2v) is 2.75. The van der Waals surface area contributed by atoms with Crippen molar-refractivity contribution >= 4 is 11.7 Å². The van der Waals surface area contributed by atoms with E-state index in [0.717, 1.165) is 0 Å². The van der Waals surface area contributed by atoms with Crippen LogP contribution in [-0.4, -0.2) is 29.7 Å². The fourth-order valence-corrected chi connectivity index (χ4v) is 1.17. The summed E-state index contributed by atoms with van der Waals surface area (Å²) in [7, 11) is 1.66. The molecule has 0 spiro atoms. The summed E-state index contributed by atoms with van der Waals surface area (Å²) in [6, 6.07) is -0.220. The largest absolute Gasteiger partial charge is 0.335 e. The van der Waals surface area contributed by atoms with Crippen molar-refractivity contribution in [2.24, 2.45) is 5.92 Å². The standard InChI is InChI=1S/C7H11NO2/c1-4-6(9)5(2)8(3)7(4)10/h4-5H,1-3H3. The number of Topliss-reactive ketones (excluding diaryl/α,β-unsaturated/α-hetero) is 1. The fraction of sp³-hybridized carbons (Fsp3) is 0.714. The van der Waals surface area contributed by atoms with Crippen LogP contribution in [0.5, 0.6) is 0 Å². The van der Waals surface area contributed by atoms with Crippen LogP contribution in [0, 0.1) is 5.92 Å². The Balaban J connectivity index is 2.89. The molecule has 10 heavy (non-hydrogen) atoms. The van der Waals surface area contributed by atoms with Crippen LogP contribution >= 0.6 is 0 Å². The van der Waals surface area contributed by atoms with Crippen LogP contribution in [0.1, 0.15) is 13.8 Å². The molecule has 1 aliphatic rings. The summed E-state index contributed by atoms with van der Waals surface area (Å²) in [6.45, 7) is 3.41. The minimum Gasteiger partial charge on any atom is -0.335 e. The highest BCUT2D eigenvalue weighted by molar-refractivity contribution is 6.09. The van der Waals surface area contributed by atoms with Gasteiger partial charge >= 0.3 is 0 Å². The van der Waals surface area contributed by atoms with Gasteiger partial charge in [-0.15, -0.1) is 0 Å². The summed E-state index contributed by atoms with van der Waals surface area (Å²) in [6.07, 6.45) is 0. The predicted molar refractivity (Wildman–Crippen MR) is 36.4 cm³/mol. The molecule has 2 unspecified atom stereocenters. The van der Waals surface area contributed by atoms with Gasteiger partial charge in [-0.1, -0.05) is 0 Å². The average Bonchev–Trinajstić information content (AvgIpc) is 2.07. The van der Waals surface area contributed by atoms with E-state index in [1.54, 1.807) is 20.9 Å². The number of hydrogen-bond donors (Lipinski definition) is 0. The fourth-order valence-electron chi connectivity index (χ4n) is 1.17. The highest BCUT2D eigenvalue weighted by atomic mass is 16.2. The number of likely N-dealkylation sites (N-methyl/N-ethyl adjacent to an activating group) is 1. The molecule has 2 atom stereocenters. The number of carbonyl (C=O) groups is 2. The first kappa shape index (κ1) is 7.25. The number of ketones is 1. The van der Waals surface area contributed by atoms with Gasteiger partial charge in [0.25, 0.3) is 0 Å². The molecule has 1 aliphatic heterocycles. The van der Waals surface area contributed by atoms with Gasteiger partial charge in [0.15, 0.2) is 5.78 Å². The zero-order chi connectivity index (χ0) is 7.89. The molecule has 3 nitrogen and oxygen atoms in total. The van der Waals surface area contributed by atoms with Crippen molar-refractivity contribution in [3.8, 4) is 0 Å². The second-order valence-electron chi connectivity index (χ2n) is 2.75. The third kappa shape index (κ3) is 0.735. The molecule has 1 saturated heterocycles. The van der Waals surface area contributed by atoms with Crippen LogP contribution in [-0.2, 0) is 9.59 Å². The first-order valence-corrected chi connectivity index (χ1v) is 3.36. The molecular weight excluding hydrogens is 130 g/mol. The molecule has 0 aromatic carbocycles. The van der Waals surface area contributed by atoms with Crippen molar-refractivity contribution in [3.63, 3.8) is 0 Å². The van der Waals surface area contributed by atoms with Gasteiger partial charge in [-0.2, -0.15) is 0 Å². The van der Waals surface area contributed by atoms with Gasteiger partial charge in [0.1, 0.15) is 0 Å². The van der Waals surface area contributed by atoms with Crippen molar-refractivity contribution in [3.05, 3.63) is 0 Å². The Bertz CT molecular complexity index is 168. The molecule has 0 aromatic heterocycles. The number of carbonyl (C=O) groups excluding carboxylic acids is 2. The molecule has 0 aliphatic carbocycles. The Morgan fingerprint density at radius 2 is 1.80 bits per heavy atom. The molecule has 1 rings (SSSR count). The van der Waals surface area contributed by atoms with Gasteiger partial charge in [0, 0.05) is 7.05 Å². The van der Waals surface area contributed by atoms with E-state index in [1.807, 2.05) is 0 Å². The smallest absolute Gasteiger partial charge is 0.233 e. The molecule has 0 radical (unpaired) electrons. The van der Waals surface area contributed by atoms with E-state index in [4.69, 9.17) is 0 Å². The van der Waals surface area contributed by atoms with Crippen LogP contribution in [0.4, 0.5) is 0 Å². The van der Waals surface area contributed by atoms with Crippen molar-refractivity contribution in [1.82, 2.24) is 4.90 Å². The van der Waals surface area contributed by atoms with E-state index in [2.05, 4.69) is 0 Å². The summed E-state index contributed by atoms with van der Waals surface area (Å²) >= 11 is 0. The molecule has 0 aromatic rings. The first-order valence-electron chi connectivity index (χ1n) is 3.36. The summed E-state index contributed by atoms with van der Waals surface area (Å²) in [5.74, 6) is -0.440. The van der Waals surface area contributed by atoms with Crippen LogP contribution in [0.15, 0.2) is 0 Å². The average molecular weight is 141 g/mol. The van der Waals surface area contributed by atoms with E-state index >= 15 is 0 Å². The molecule has 0 bridgehead atoms. The summed E-state index contributed by atoms with van der Waals surface area (Å²) in [5, 5.41) is 0. The Morgan fingerprint density at radius 3 is 1.90 bits per heavy atom. The van der Waals surface area contributed by atoms with Crippen molar-refractivity contribution in [2.75, 3.05) is 7.05 Å². The van der Waals surface area contributed by atoms with E-state index < -0.39 is 5.92 Å². The minimum absolute atomic E-state index is 0.0347. The Hall–Kier alpha value is -0.860. The Kier molecular flexibility index (Phi) is 1.50. The van der Waals surface area contributed by atoms with E-state index in [9.17, 15) is 9.59 Å². The zero-order valence-corrected chi connectivity index (χ0v) is 6.42. The van der Waals surface area contributed by atoms with Gasteiger partial charge in [-0.3, -0.25) is 9.59 Å². The highest BCUT2D eigenvalue weighted by Gasteiger charge is 2.39. The maximum atomic E-state index is 11.1. The molecular formula is C7H11NO2. The topological polar surface area (TPSA) is 37.4 Å². The van der Waals surface area contributed by atoms with Gasteiger partial charge in [0.05, 0.1) is 12.0 Å². The maximum absolute atomic E-state index is 11.1. The Morgan fingerprint density at radius 1 is 1.30 bits per heavy atom. The van der Waals surface area contributed by atoms with Crippen molar-refractivity contribution in [2.45, 2.75) is 19.9 Å². The van der Waals surface area contributed by atoms with E-state index in [1.165, 1.54) is 4.90 Å². The van der Waals surface area contributed by atoms with Crippen molar-refractivity contribution < 1.29 is 9.59 Å². The summed E-state index contributed by atoms with van der Waals surface area (Å²) in [5.41, 5.74) is 0. The summed E-state index contributed by atoms with van der Waals surface area (Å²) in [4.78, 5) is 23.6. The molecule has 0 N–H and O–H groups in total. The summed E-state index contributed by atoms with van der Waals surface area (Å²) < 4.78 is 0. The molecule has 1 fully saturated rings. The van der Waals surface area contributed by atoms with Crippen LogP contribution in [0.3, 0.4) is 0 Å². The van der Waals surface area contributed by atoms with Crippen LogP contribution in [0.2, 0.25) is 0 Å². The minimum atomic E-state index is -0.417. The Labute approximate surface area is 60.0 Å². The van der Waals surface area contributed by atoms with Gasteiger partial charge in [0.2, 0.25) is 5.91 Å². The number of amides is 1. The van der Waals surface area contributed by atoms with Crippen molar-refractivity contribution in [1.29, 1.82) is 0 Å². The lowest BCUT2D eigenvalue weighted by molar-refractivity contribution is -0.130.